The Morgan fingerprint density at radius 2 is 2.03 bits per heavy atom. The fourth-order valence-corrected chi connectivity index (χ4v) is 4.08. The van der Waals surface area contributed by atoms with Crippen LogP contribution in [-0.2, 0) is 9.53 Å². The van der Waals surface area contributed by atoms with E-state index in [1.54, 1.807) is 30.1 Å². The molecule has 1 aliphatic rings. The molecule has 1 aromatic heterocycles. The average Bonchev–Trinajstić information content (AvgIpc) is 3.31. The van der Waals surface area contributed by atoms with Crippen LogP contribution in [0.1, 0.15) is 12.5 Å². The van der Waals surface area contributed by atoms with Crippen molar-refractivity contribution >= 4 is 47.6 Å². The number of nitrogens with zero attached hydrogens (tertiary/aromatic N) is 3. The van der Waals surface area contributed by atoms with Gasteiger partial charge in [-0.2, -0.15) is 4.37 Å². The van der Waals surface area contributed by atoms with Crippen molar-refractivity contribution in [2.24, 2.45) is 0 Å². The third-order valence-corrected chi connectivity index (χ3v) is 6.04. The monoisotopic (exact) mass is 476 g/mol. The lowest BCUT2D eigenvalue weighted by atomic mass is 10.0. The molecule has 174 valence electrons. The van der Waals surface area contributed by atoms with Crippen LogP contribution in [0.4, 0.5) is 10.5 Å². The Kier molecular flexibility index (Phi) is 6.93. The lowest BCUT2D eigenvalue weighted by Gasteiger charge is -2.25. The summed E-state index contributed by atoms with van der Waals surface area (Å²) in [5.41, 5.74) is 6.23. The number of carboxylic acid groups (broad SMARTS) is 1. The van der Waals surface area contributed by atoms with Crippen LogP contribution in [0.2, 0.25) is 0 Å². The SMILES string of the molecule is CCOC(=Cc1ccc(-c2cccc(N(C)C(=O)NN3C=c4cnsc4=CC3)c2)cc1)C(=O)O. The Hall–Kier alpha value is -4.11. The van der Waals surface area contributed by atoms with Crippen molar-refractivity contribution in [3.05, 3.63) is 75.8 Å². The molecule has 4 rings (SSSR count). The molecule has 0 aliphatic carbocycles. The minimum absolute atomic E-state index is 0.0973. The molecule has 0 radical (unpaired) electrons. The first-order valence-electron chi connectivity index (χ1n) is 10.7. The zero-order valence-electron chi connectivity index (χ0n) is 18.8. The summed E-state index contributed by atoms with van der Waals surface area (Å²) >= 11 is 1.43. The second-order valence-electron chi connectivity index (χ2n) is 7.53. The van der Waals surface area contributed by atoms with Crippen molar-refractivity contribution < 1.29 is 19.4 Å². The summed E-state index contributed by atoms with van der Waals surface area (Å²) in [5, 5.41) is 11.9. The van der Waals surface area contributed by atoms with E-state index in [9.17, 15) is 14.7 Å². The van der Waals surface area contributed by atoms with E-state index in [1.165, 1.54) is 17.6 Å². The number of amides is 2. The van der Waals surface area contributed by atoms with E-state index in [-0.39, 0.29) is 18.4 Å². The maximum Gasteiger partial charge on any atom is 0.371 e. The van der Waals surface area contributed by atoms with Crippen molar-refractivity contribution in [1.82, 2.24) is 14.8 Å². The van der Waals surface area contributed by atoms with Crippen LogP contribution >= 0.6 is 11.5 Å². The van der Waals surface area contributed by atoms with Gasteiger partial charge in [0, 0.05) is 24.2 Å². The van der Waals surface area contributed by atoms with Crippen LogP contribution in [0, 0.1) is 0 Å². The van der Waals surface area contributed by atoms with Gasteiger partial charge in [0.25, 0.3) is 0 Å². The molecule has 2 amide bonds. The highest BCUT2D eigenvalue weighted by atomic mass is 32.1. The van der Waals surface area contributed by atoms with Gasteiger partial charge in [-0.05, 0) is 59.4 Å². The molecule has 0 unspecified atom stereocenters. The maximum absolute atomic E-state index is 12.8. The number of hydrogen-bond donors (Lipinski definition) is 2. The number of nitrogens with one attached hydrogen (secondary N) is 1. The van der Waals surface area contributed by atoms with Crippen LogP contribution in [0.3, 0.4) is 0 Å². The van der Waals surface area contributed by atoms with Gasteiger partial charge in [-0.1, -0.05) is 36.4 Å². The molecule has 1 aliphatic heterocycles. The zero-order valence-corrected chi connectivity index (χ0v) is 19.6. The van der Waals surface area contributed by atoms with Gasteiger partial charge in [0.1, 0.15) is 0 Å². The summed E-state index contributed by atoms with van der Waals surface area (Å²) in [6, 6.07) is 14.9. The number of urea groups is 1. The first kappa shape index (κ1) is 23.1. The molecule has 2 heterocycles. The molecule has 0 fully saturated rings. The summed E-state index contributed by atoms with van der Waals surface area (Å²) in [5.74, 6) is -1.20. The number of fused-ring (bicyclic) bond motifs is 1. The van der Waals surface area contributed by atoms with Crippen molar-refractivity contribution in [3.63, 3.8) is 0 Å². The molecule has 8 nitrogen and oxygen atoms in total. The molecule has 34 heavy (non-hydrogen) atoms. The van der Waals surface area contributed by atoms with Gasteiger partial charge >= 0.3 is 12.0 Å². The minimum atomic E-state index is -1.10. The molecule has 0 saturated heterocycles. The van der Waals surface area contributed by atoms with Crippen molar-refractivity contribution in [1.29, 1.82) is 0 Å². The molecule has 3 aromatic rings. The normalized spacial score (nSPS) is 12.8. The third kappa shape index (κ3) is 5.26. The Bertz CT molecular complexity index is 1350. The number of aliphatic carboxylic acids is 1. The highest BCUT2D eigenvalue weighted by Crippen LogP contribution is 2.25. The van der Waals surface area contributed by atoms with E-state index in [2.05, 4.69) is 9.80 Å². The second kappa shape index (κ2) is 10.2. The predicted octanol–water partition coefficient (Wildman–Crippen LogP) is 2.87. The molecule has 0 spiro atoms. The van der Waals surface area contributed by atoms with Crippen molar-refractivity contribution in [3.8, 4) is 11.1 Å². The number of carbonyl (C=O) groups is 2. The lowest BCUT2D eigenvalue weighted by molar-refractivity contribution is -0.136. The molecule has 0 atom stereocenters. The maximum atomic E-state index is 12.8. The summed E-state index contributed by atoms with van der Waals surface area (Å²) in [4.78, 5) is 25.6. The highest BCUT2D eigenvalue weighted by molar-refractivity contribution is 7.03. The van der Waals surface area contributed by atoms with Gasteiger partial charge in [-0.3, -0.25) is 9.91 Å². The Balaban J connectivity index is 1.47. The van der Waals surface area contributed by atoms with Crippen LogP contribution in [-0.4, -0.2) is 46.7 Å². The lowest BCUT2D eigenvalue weighted by Crippen LogP contribution is -2.48. The number of carbonyl (C=O) groups excluding carboxylic acids is 1. The van der Waals surface area contributed by atoms with Crippen molar-refractivity contribution in [2.45, 2.75) is 6.92 Å². The zero-order chi connectivity index (χ0) is 24.1. The van der Waals surface area contributed by atoms with E-state index in [0.29, 0.717) is 6.54 Å². The Morgan fingerprint density at radius 1 is 1.24 bits per heavy atom. The molecular weight excluding hydrogens is 452 g/mol. The number of benzene rings is 2. The largest absolute Gasteiger partial charge is 0.487 e. The standard InChI is InChI=1S/C25H24N4O4S/c1-3-33-22(24(30)31)13-17-7-9-18(10-8-17)19-5-4-6-21(14-19)28(2)25(32)27-29-12-11-23-20(16-29)15-26-34-23/h4-11,13-16H,3,12H2,1-2H3,(H,27,32)(H,30,31). The van der Waals surface area contributed by atoms with E-state index >= 15 is 0 Å². The van der Waals surface area contributed by atoms with Gasteiger partial charge < -0.3 is 9.84 Å². The van der Waals surface area contributed by atoms with Gasteiger partial charge in [0.05, 0.1) is 23.9 Å². The third-order valence-electron chi connectivity index (χ3n) is 5.23. The Morgan fingerprint density at radius 3 is 2.76 bits per heavy atom. The molecule has 2 aromatic carbocycles. The summed E-state index contributed by atoms with van der Waals surface area (Å²) in [6.07, 6.45) is 7.18. The number of anilines is 1. The number of aromatic nitrogens is 1. The van der Waals surface area contributed by atoms with E-state index in [0.717, 1.165) is 32.1 Å². The smallest absolute Gasteiger partial charge is 0.371 e. The fourth-order valence-electron chi connectivity index (χ4n) is 3.44. The molecule has 2 N–H and O–H groups in total. The quantitative estimate of drug-likeness (QED) is 0.402. The predicted molar refractivity (Wildman–Crippen MR) is 133 cm³/mol. The fraction of sp³-hybridized carbons (Fsp3) is 0.160. The van der Waals surface area contributed by atoms with Gasteiger partial charge in [0.15, 0.2) is 0 Å². The summed E-state index contributed by atoms with van der Waals surface area (Å²) in [6.45, 7) is 2.59. The average molecular weight is 477 g/mol. The number of carboxylic acids is 1. The molecule has 0 bridgehead atoms. The minimum Gasteiger partial charge on any atom is -0.487 e. The topological polar surface area (TPSA) is 95.0 Å². The number of ether oxygens (including phenoxy) is 1. The second-order valence-corrected chi connectivity index (χ2v) is 8.36. The highest BCUT2D eigenvalue weighted by Gasteiger charge is 2.15. The Labute approximate surface area is 200 Å². The van der Waals surface area contributed by atoms with Gasteiger partial charge in [-0.25, -0.2) is 15.0 Å². The van der Waals surface area contributed by atoms with Gasteiger partial charge in [-0.15, -0.1) is 0 Å². The summed E-state index contributed by atoms with van der Waals surface area (Å²) in [7, 11) is 1.72. The number of rotatable bonds is 7. The van der Waals surface area contributed by atoms with E-state index in [4.69, 9.17) is 4.74 Å². The van der Waals surface area contributed by atoms with Crippen LogP contribution in [0.25, 0.3) is 29.5 Å². The summed E-state index contributed by atoms with van der Waals surface area (Å²) < 4.78 is 10.4. The van der Waals surface area contributed by atoms with Crippen molar-refractivity contribution in [2.75, 3.05) is 25.1 Å². The number of hydrazine groups is 1. The van der Waals surface area contributed by atoms with Crippen LogP contribution in [0.15, 0.2) is 60.5 Å². The van der Waals surface area contributed by atoms with E-state index < -0.39 is 5.97 Å². The first-order valence-corrected chi connectivity index (χ1v) is 11.4. The van der Waals surface area contributed by atoms with Crippen LogP contribution < -0.4 is 20.1 Å². The molecular formula is C25H24N4O4S. The molecule has 0 saturated carbocycles. The molecule has 9 heteroatoms. The van der Waals surface area contributed by atoms with Crippen LogP contribution in [0.5, 0.6) is 0 Å². The first-order chi connectivity index (χ1) is 16.4. The van der Waals surface area contributed by atoms with Gasteiger partial charge in [0.2, 0.25) is 5.76 Å². The van der Waals surface area contributed by atoms with E-state index in [1.807, 2.05) is 60.8 Å². The number of hydrogen-bond acceptors (Lipinski definition) is 6.